The number of carbonyl (C=O) groups excluding carboxylic acids is 3. The lowest BCUT2D eigenvalue weighted by Gasteiger charge is -2.36. The van der Waals surface area contributed by atoms with E-state index in [0.29, 0.717) is 26.1 Å². The van der Waals surface area contributed by atoms with Crippen molar-refractivity contribution >= 4 is 18.1 Å². The predicted octanol–water partition coefficient (Wildman–Crippen LogP) is 6.47. The van der Waals surface area contributed by atoms with Gasteiger partial charge in [-0.15, -0.1) is 0 Å². The molecule has 0 bridgehead atoms. The van der Waals surface area contributed by atoms with Gasteiger partial charge in [-0.3, -0.25) is 4.79 Å². The van der Waals surface area contributed by atoms with E-state index in [1.807, 2.05) is 35.2 Å². The van der Waals surface area contributed by atoms with Crippen molar-refractivity contribution in [2.45, 2.75) is 96.4 Å². The zero-order chi connectivity index (χ0) is 30.8. The van der Waals surface area contributed by atoms with Crippen LogP contribution >= 0.6 is 0 Å². The lowest BCUT2D eigenvalue weighted by molar-refractivity contribution is -0.136. The van der Waals surface area contributed by atoms with E-state index in [1.54, 1.807) is 37.8 Å². The largest absolute Gasteiger partial charge is 0.445 e. The Morgan fingerprint density at radius 1 is 0.953 bits per heavy atom. The summed E-state index contributed by atoms with van der Waals surface area (Å²) in [7, 11) is 0. The molecule has 1 heterocycles. The smallest absolute Gasteiger partial charge is 0.410 e. The number of nitrogens with one attached hydrogen (secondary N) is 1. The second kappa shape index (κ2) is 15.2. The Labute approximate surface area is 254 Å². The van der Waals surface area contributed by atoms with E-state index in [2.05, 4.69) is 5.32 Å². The molecule has 0 spiro atoms. The third kappa shape index (κ3) is 9.97. The highest BCUT2D eigenvalue weighted by Gasteiger charge is 2.40. The summed E-state index contributed by atoms with van der Waals surface area (Å²) >= 11 is 0. The first-order chi connectivity index (χ1) is 20.6. The van der Waals surface area contributed by atoms with Gasteiger partial charge >= 0.3 is 12.2 Å². The number of ether oxygens (including phenoxy) is 2. The molecule has 1 aliphatic heterocycles. The summed E-state index contributed by atoms with van der Waals surface area (Å²) < 4.78 is 24.7. The van der Waals surface area contributed by atoms with Gasteiger partial charge in [-0.25, -0.2) is 14.0 Å². The number of rotatable bonds is 10. The first-order valence-electron chi connectivity index (χ1n) is 15.6. The van der Waals surface area contributed by atoms with Gasteiger partial charge in [0.2, 0.25) is 5.91 Å². The first kappa shape index (κ1) is 32.3. The Kier molecular flexibility index (Phi) is 11.4. The number of halogens is 1. The van der Waals surface area contributed by atoms with Crippen molar-refractivity contribution in [3.63, 3.8) is 0 Å². The number of hydrogen-bond acceptors (Lipinski definition) is 5. The van der Waals surface area contributed by atoms with Crippen LogP contribution in [0.15, 0.2) is 54.6 Å². The van der Waals surface area contributed by atoms with Gasteiger partial charge < -0.3 is 24.6 Å². The predicted molar refractivity (Wildman–Crippen MR) is 163 cm³/mol. The minimum atomic E-state index is -0.675. The van der Waals surface area contributed by atoms with Gasteiger partial charge in [0, 0.05) is 25.7 Å². The Morgan fingerprint density at radius 3 is 2.33 bits per heavy atom. The molecule has 2 aliphatic rings. The van der Waals surface area contributed by atoms with Crippen molar-refractivity contribution < 1.29 is 28.2 Å². The molecule has 8 nitrogen and oxygen atoms in total. The topological polar surface area (TPSA) is 88.2 Å². The Balaban J connectivity index is 1.48. The Bertz CT molecular complexity index is 1190. The van der Waals surface area contributed by atoms with Gasteiger partial charge in [0.15, 0.2) is 0 Å². The molecule has 2 aromatic carbocycles. The Hall–Kier alpha value is -3.62. The zero-order valence-electron chi connectivity index (χ0n) is 25.7. The van der Waals surface area contributed by atoms with Crippen molar-refractivity contribution in [2.24, 2.45) is 5.92 Å². The third-order valence-corrected chi connectivity index (χ3v) is 8.20. The SMILES string of the molecule is CC(C)(C)OC(=O)N[C@H](C(=O)N1CCC[C@H]1CN(CCc1ccc(F)cc1)C(=O)OCc1ccccc1)C1CCCCC1. The average Bonchev–Trinajstić information content (AvgIpc) is 3.45. The number of alkyl carbamates (subject to hydrolysis) is 1. The minimum Gasteiger partial charge on any atom is -0.445 e. The highest BCUT2D eigenvalue weighted by molar-refractivity contribution is 5.86. The lowest BCUT2D eigenvalue weighted by atomic mass is 9.83. The van der Waals surface area contributed by atoms with Crippen LogP contribution in [-0.2, 0) is 27.3 Å². The fourth-order valence-corrected chi connectivity index (χ4v) is 6.01. The van der Waals surface area contributed by atoms with Crippen molar-refractivity contribution in [3.05, 3.63) is 71.5 Å². The van der Waals surface area contributed by atoms with E-state index in [4.69, 9.17) is 9.47 Å². The summed E-state index contributed by atoms with van der Waals surface area (Å²) in [6.45, 7) is 6.79. The monoisotopic (exact) mass is 595 g/mol. The van der Waals surface area contributed by atoms with Crippen LogP contribution in [0.2, 0.25) is 0 Å². The minimum absolute atomic E-state index is 0.0421. The molecule has 0 unspecified atom stereocenters. The van der Waals surface area contributed by atoms with Crippen molar-refractivity contribution in [1.29, 1.82) is 0 Å². The highest BCUT2D eigenvalue weighted by Crippen LogP contribution is 2.30. The molecule has 1 saturated carbocycles. The fraction of sp³-hybridized carbons (Fsp3) is 0.559. The molecule has 0 aromatic heterocycles. The number of carbonyl (C=O) groups is 3. The summed E-state index contributed by atoms with van der Waals surface area (Å²) in [4.78, 5) is 43.8. The van der Waals surface area contributed by atoms with Crippen LogP contribution in [0.1, 0.15) is 76.8 Å². The lowest BCUT2D eigenvalue weighted by Crippen LogP contribution is -2.56. The highest BCUT2D eigenvalue weighted by atomic mass is 19.1. The maximum Gasteiger partial charge on any atom is 0.410 e. The number of nitrogens with zero attached hydrogens (tertiary/aromatic N) is 2. The number of likely N-dealkylation sites (tertiary alicyclic amines) is 1. The number of hydrogen-bond donors (Lipinski definition) is 1. The van der Waals surface area contributed by atoms with E-state index in [0.717, 1.165) is 56.1 Å². The zero-order valence-corrected chi connectivity index (χ0v) is 25.7. The van der Waals surface area contributed by atoms with Crippen LogP contribution in [0.3, 0.4) is 0 Å². The van der Waals surface area contributed by atoms with Crippen LogP contribution in [0.5, 0.6) is 0 Å². The molecule has 2 aromatic rings. The maximum atomic E-state index is 14.1. The molecule has 234 valence electrons. The van der Waals surface area contributed by atoms with Gasteiger partial charge in [0.1, 0.15) is 24.1 Å². The first-order valence-corrected chi connectivity index (χ1v) is 15.6. The average molecular weight is 596 g/mol. The van der Waals surface area contributed by atoms with Gasteiger partial charge in [-0.05, 0) is 82.1 Å². The van der Waals surface area contributed by atoms with Crippen LogP contribution in [0.4, 0.5) is 14.0 Å². The quantitative estimate of drug-likeness (QED) is 0.340. The molecule has 4 rings (SSSR count). The normalized spacial score (nSPS) is 18.1. The molecule has 1 saturated heterocycles. The van der Waals surface area contributed by atoms with Gasteiger partial charge in [-0.2, -0.15) is 0 Å². The van der Waals surface area contributed by atoms with Crippen molar-refractivity contribution in [3.8, 4) is 0 Å². The van der Waals surface area contributed by atoms with E-state index < -0.39 is 23.8 Å². The second-order valence-electron chi connectivity index (χ2n) is 12.7. The molecule has 2 atom stereocenters. The van der Waals surface area contributed by atoms with Crippen LogP contribution in [0, 0.1) is 11.7 Å². The standard InChI is InChI=1S/C34H46FN3O5/c1-34(2,3)43-32(40)36-30(27-13-8-5-9-14-27)31(39)38-21-10-15-29(38)23-37(22-20-25-16-18-28(35)19-17-25)33(41)42-24-26-11-6-4-7-12-26/h4,6-7,11-12,16-19,27,29-30H,5,8-10,13-15,20-24H2,1-3H3,(H,36,40)/t29-,30-/m0/s1. The van der Waals surface area contributed by atoms with E-state index in [1.165, 1.54) is 12.1 Å². The molecule has 2 fully saturated rings. The number of benzene rings is 2. The number of amides is 3. The van der Waals surface area contributed by atoms with E-state index in [9.17, 15) is 18.8 Å². The fourth-order valence-electron chi connectivity index (χ4n) is 6.01. The molecule has 1 N–H and O–H groups in total. The molecular weight excluding hydrogens is 549 g/mol. The summed E-state index contributed by atoms with van der Waals surface area (Å²) in [6, 6.07) is 14.9. The third-order valence-electron chi connectivity index (χ3n) is 8.20. The molecule has 0 radical (unpaired) electrons. The second-order valence-corrected chi connectivity index (χ2v) is 12.7. The Morgan fingerprint density at radius 2 is 1.65 bits per heavy atom. The molecule has 1 aliphatic carbocycles. The van der Waals surface area contributed by atoms with Gasteiger partial charge in [0.25, 0.3) is 0 Å². The summed E-state index contributed by atoms with van der Waals surface area (Å²) in [5.74, 6) is -0.382. The van der Waals surface area contributed by atoms with Gasteiger partial charge in [0.05, 0.1) is 0 Å². The van der Waals surface area contributed by atoms with Crippen molar-refractivity contribution in [2.75, 3.05) is 19.6 Å². The van der Waals surface area contributed by atoms with E-state index in [-0.39, 0.29) is 30.3 Å². The maximum absolute atomic E-state index is 14.1. The molecular formula is C34H46FN3O5. The summed E-state index contributed by atoms with van der Waals surface area (Å²) in [5.41, 5.74) is 1.11. The van der Waals surface area contributed by atoms with E-state index >= 15 is 0 Å². The molecule has 3 amide bonds. The van der Waals surface area contributed by atoms with Crippen LogP contribution in [-0.4, -0.2) is 65.2 Å². The van der Waals surface area contributed by atoms with Crippen molar-refractivity contribution in [1.82, 2.24) is 15.1 Å². The summed E-state index contributed by atoms with van der Waals surface area (Å²) in [6.07, 6.45) is 5.96. The van der Waals surface area contributed by atoms with Crippen LogP contribution in [0.25, 0.3) is 0 Å². The molecule has 43 heavy (non-hydrogen) atoms. The van der Waals surface area contributed by atoms with Crippen LogP contribution < -0.4 is 5.32 Å². The summed E-state index contributed by atoms with van der Waals surface area (Å²) in [5, 5.41) is 2.92. The molecule has 9 heteroatoms. The van der Waals surface area contributed by atoms with Gasteiger partial charge in [-0.1, -0.05) is 61.7 Å².